The van der Waals surface area contributed by atoms with Crippen LogP contribution in [0.3, 0.4) is 0 Å². The Morgan fingerprint density at radius 1 is 1.50 bits per heavy atom. The maximum absolute atomic E-state index is 5.51. The fourth-order valence-corrected chi connectivity index (χ4v) is 1.12. The molecular formula is C8H10N4. The largest absolute Gasteiger partial charge is 0.382 e. The minimum absolute atomic E-state index is 0.516. The molecule has 2 N–H and O–H groups in total. The van der Waals surface area contributed by atoms with Crippen molar-refractivity contribution in [1.29, 1.82) is 0 Å². The summed E-state index contributed by atoms with van der Waals surface area (Å²) in [7, 11) is 0. The molecule has 0 spiro atoms. The van der Waals surface area contributed by atoms with Gasteiger partial charge in [0.2, 0.25) is 0 Å². The molecular weight excluding hydrogens is 152 g/mol. The minimum Gasteiger partial charge on any atom is -0.382 e. The van der Waals surface area contributed by atoms with Crippen molar-refractivity contribution >= 4 is 11.5 Å². The van der Waals surface area contributed by atoms with Gasteiger partial charge in [0, 0.05) is 0 Å². The summed E-state index contributed by atoms with van der Waals surface area (Å²) in [6.45, 7) is 2.06. The molecule has 2 rings (SSSR count). The minimum atomic E-state index is 0.516. The van der Waals surface area contributed by atoms with Crippen LogP contribution < -0.4 is 5.73 Å². The van der Waals surface area contributed by atoms with Crippen LogP contribution >= 0.6 is 0 Å². The third-order valence-corrected chi connectivity index (χ3v) is 1.75. The number of aryl methyl sites for hydroxylation is 1. The third kappa shape index (κ3) is 1.01. The molecule has 0 atom stereocenters. The van der Waals surface area contributed by atoms with E-state index in [4.69, 9.17) is 5.73 Å². The zero-order chi connectivity index (χ0) is 8.55. The Kier molecular flexibility index (Phi) is 1.46. The first kappa shape index (κ1) is 7.09. The van der Waals surface area contributed by atoms with Gasteiger partial charge in [0.25, 0.3) is 0 Å². The van der Waals surface area contributed by atoms with Crippen molar-refractivity contribution in [2.75, 3.05) is 5.73 Å². The number of nitrogens with two attached hydrogens (primary N) is 1. The summed E-state index contributed by atoms with van der Waals surface area (Å²) in [5.41, 5.74) is 7.40. The van der Waals surface area contributed by atoms with Crippen molar-refractivity contribution in [2.24, 2.45) is 0 Å². The Bertz CT molecular complexity index is 404. The first-order valence-corrected chi connectivity index (χ1v) is 3.90. The first-order valence-electron chi connectivity index (χ1n) is 3.90. The van der Waals surface area contributed by atoms with Gasteiger partial charge in [-0.3, -0.25) is 0 Å². The normalized spacial score (nSPS) is 10.8. The van der Waals surface area contributed by atoms with Crippen molar-refractivity contribution in [3.63, 3.8) is 0 Å². The molecule has 0 bridgehead atoms. The lowest BCUT2D eigenvalue weighted by molar-refractivity contribution is 0.940. The van der Waals surface area contributed by atoms with Gasteiger partial charge in [-0.25, -0.2) is 9.50 Å². The highest BCUT2D eigenvalue weighted by molar-refractivity contribution is 5.42. The summed E-state index contributed by atoms with van der Waals surface area (Å²) in [4.78, 5) is 4.32. The van der Waals surface area contributed by atoms with Gasteiger partial charge >= 0.3 is 0 Å². The summed E-state index contributed by atoms with van der Waals surface area (Å²) in [5.74, 6) is 0.516. The lowest BCUT2D eigenvalue weighted by Crippen LogP contribution is -1.95. The van der Waals surface area contributed by atoms with E-state index in [0.29, 0.717) is 5.82 Å². The Hall–Kier alpha value is -1.58. The van der Waals surface area contributed by atoms with Gasteiger partial charge < -0.3 is 5.73 Å². The van der Waals surface area contributed by atoms with Gasteiger partial charge in [0.05, 0.1) is 11.9 Å². The molecule has 2 heterocycles. The Morgan fingerprint density at radius 3 is 3.08 bits per heavy atom. The van der Waals surface area contributed by atoms with Crippen LogP contribution in [0.25, 0.3) is 5.65 Å². The van der Waals surface area contributed by atoms with Crippen molar-refractivity contribution in [3.05, 3.63) is 24.0 Å². The zero-order valence-electron chi connectivity index (χ0n) is 6.86. The van der Waals surface area contributed by atoms with Gasteiger partial charge in [-0.05, 0) is 18.6 Å². The maximum atomic E-state index is 5.51. The maximum Gasteiger partial charge on any atom is 0.153 e. The van der Waals surface area contributed by atoms with E-state index < -0.39 is 0 Å². The van der Waals surface area contributed by atoms with E-state index in [1.807, 2.05) is 12.3 Å². The summed E-state index contributed by atoms with van der Waals surface area (Å²) in [5, 5.41) is 4.08. The topological polar surface area (TPSA) is 56.2 Å². The average Bonchev–Trinajstić information content (AvgIpc) is 2.46. The highest BCUT2D eigenvalue weighted by Gasteiger charge is 1.99. The number of rotatable bonds is 1. The van der Waals surface area contributed by atoms with Crippen molar-refractivity contribution in [3.8, 4) is 0 Å². The molecule has 2 aromatic rings. The molecule has 4 nitrogen and oxygen atoms in total. The molecule has 0 saturated carbocycles. The van der Waals surface area contributed by atoms with E-state index in [1.54, 1.807) is 10.6 Å². The molecule has 0 aromatic carbocycles. The predicted octanol–water partition coefficient (Wildman–Crippen LogP) is 0.874. The SMILES string of the molecule is CCc1cn2nc(N)ccc2n1. The van der Waals surface area contributed by atoms with Crippen LogP contribution in [0, 0.1) is 0 Å². The quantitative estimate of drug-likeness (QED) is 0.677. The third-order valence-electron chi connectivity index (χ3n) is 1.75. The molecule has 0 unspecified atom stereocenters. The lowest BCUT2D eigenvalue weighted by atomic mass is 10.4. The van der Waals surface area contributed by atoms with Gasteiger partial charge in [0.15, 0.2) is 5.65 Å². The van der Waals surface area contributed by atoms with E-state index in [2.05, 4.69) is 17.0 Å². The number of imidazole rings is 1. The number of hydrogen-bond donors (Lipinski definition) is 1. The van der Waals surface area contributed by atoms with Crippen molar-refractivity contribution in [1.82, 2.24) is 14.6 Å². The lowest BCUT2D eigenvalue weighted by Gasteiger charge is -1.91. The first-order chi connectivity index (χ1) is 5.79. The van der Waals surface area contributed by atoms with Gasteiger partial charge in [-0.2, -0.15) is 0 Å². The summed E-state index contributed by atoms with van der Waals surface area (Å²) in [6, 6.07) is 3.61. The van der Waals surface area contributed by atoms with E-state index in [-0.39, 0.29) is 0 Å². The predicted molar refractivity (Wildman–Crippen MR) is 46.8 cm³/mol. The molecule has 4 heteroatoms. The molecule has 0 aliphatic rings. The Labute approximate surface area is 70.0 Å². The average molecular weight is 162 g/mol. The summed E-state index contributed by atoms with van der Waals surface area (Å²) >= 11 is 0. The second-order valence-corrected chi connectivity index (χ2v) is 2.65. The second-order valence-electron chi connectivity index (χ2n) is 2.65. The van der Waals surface area contributed by atoms with E-state index in [9.17, 15) is 0 Å². The van der Waals surface area contributed by atoms with Crippen LogP contribution in [0.15, 0.2) is 18.3 Å². The zero-order valence-corrected chi connectivity index (χ0v) is 6.86. The highest BCUT2D eigenvalue weighted by atomic mass is 15.3. The molecule has 0 saturated heterocycles. The van der Waals surface area contributed by atoms with E-state index in [0.717, 1.165) is 17.8 Å². The number of aromatic nitrogens is 3. The highest BCUT2D eigenvalue weighted by Crippen LogP contribution is 2.05. The van der Waals surface area contributed by atoms with E-state index >= 15 is 0 Å². The molecule has 0 fully saturated rings. The number of fused-ring (bicyclic) bond motifs is 1. The number of nitrogen functional groups attached to an aromatic ring is 1. The van der Waals surface area contributed by atoms with Gasteiger partial charge in [0.1, 0.15) is 5.82 Å². The van der Waals surface area contributed by atoms with Crippen molar-refractivity contribution in [2.45, 2.75) is 13.3 Å². The molecule has 12 heavy (non-hydrogen) atoms. The molecule has 0 amide bonds. The smallest absolute Gasteiger partial charge is 0.153 e. The molecule has 2 aromatic heterocycles. The monoisotopic (exact) mass is 162 g/mol. The molecule has 0 aliphatic carbocycles. The summed E-state index contributed by atoms with van der Waals surface area (Å²) in [6.07, 6.45) is 2.81. The van der Waals surface area contributed by atoms with Crippen LogP contribution in [0.1, 0.15) is 12.6 Å². The second kappa shape index (κ2) is 2.48. The molecule has 0 radical (unpaired) electrons. The van der Waals surface area contributed by atoms with Crippen LogP contribution in [0.4, 0.5) is 5.82 Å². The van der Waals surface area contributed by atoms with Gasteiger partial charge in [-0.1, -0.05) is 6.92 Å². The number of nitrogens with zero attached hydrogens (tertiary/aromatic N) is 3. The van der Waals surface area contributed by atoms with Crippen molar-refractivity contribution < 1.29 is 0 Å². The summed E-state index contributed by atoms with van der Waals surface area (Å²) < 4.78 is 1.70. The fraction of sp³-hybridized carbons (Fsp3) is 0.250. The Balaban J connectivity index is 2.67. The van der Waals surface area contributed by atoms with Gasteiger partial charge in [-0.15, -0.1) is 5.10 Å². The number of hydrogen-bond acceptors (Lipinski definition) is 3. The van der Waals surface area contributed by atoms with Crippen LogP contribution in [-0.2, 0) is 6.42 Å². The van der Waals surface area contributed by atoms with Crippen LogP contribution in [0.2, 0.25) is 0 Å². The standard InChI is InChI=1S/C8H10N4/c1-2-6-5-12-8(10-6)4-3-7(9)11-12/h3-5H,2H2,1H3,(H2,9,11). The fourth-order valence-electron chi connectivity index (χ4n) is 1.12. The Morgan fingerprint density at radius 2 is 2.33 bits per heavy atom. The molecule has 62 valence electrons. The number of anilines is 1. The van der Waals surface area contributed by atoms with E-state index in [1.165, 1.54) is 0 Å². The molecule has 0 aliphatic heterocycles. The van der Waals surface area contributed by atoms with Crippen LogP contribution in [-0.4, -0.2) is 14.6 Å². The van der Waals surface area contributed by atoms with Crippen LogP contribution in [0.5, 0.6) is 0 Å².